The molecule has 3 rings (SSSR count). The standard InChI is InChI=1S/C20H22N2O2/c1-13-9-10-19-17(11-13)18(21-15(3)23)12-14(2)22(19)20(24)16-7-5-4-6-8-16/h4-11,14,18H,12H2,1-3H3,(H,21,23). The van der Waals surface area contributed by atoms with Crippen molar-refractivity contribution in [3.05, 3.63) is 65.2 Å². The number of rotatable bonds is 2. The summed E-state index contributed by atoms with van der Waals surface area (Å²) in [4.78, 5) is 26.4. The lowest BCUT2D eigenvalue weighted by Gasteiger charge is -2.39. The fourth-order valence-corrected chi connectivity index (χ4v) is 3.39. The molecule has 4 nitrogen and oxygen atoms in total. The molecule has 2 aromatic carbocycles. The van der Waals surface area contributed by atoms with Crippen LogP contribution < -0.4 is 10.2 Å². The highest BCUT2D eigenvalue weighted by molar-refractivity contribution is 6.07. The molecule has 0 fully saturated rings. The van der Waals surface area contributed by atoms with Gasteiger partial charge in [0.25, 0.3) is 5.91 Å². The zero-order valence-electron chi connectivity index (χ0n) is 14.2. The number of fused-ring (bicyclic) bond motifs is 1. The van der Waals surface area contributed by atoms with Crippen LogP contribution in [-0.4, -0.2) is 17.9 Å². The lowest BCUT2D eigenvalue weighted by Crippen LogP contribution is -2.46. The molecule has 0 aromatic heterocycles. The monoisotopic (exact) mass is 322 g/mol. The van der Waals surface area contributed by atoms with E-state index in [1.54, 1.807) is 0 Å². The number of nitrogens with one attached hydrogen (secondary N) is 1. The third-order valence-corrected chi connectivity index (χ3v) is 4.45. The Balaban J connectivity index is 2.05. The number of amides is 2. The Bertz CT molecular complexity index is 770. The van der Waals surface area contributed by atoms with Crippen molar-refractivity contribution in [2.24, 2.45) is 0 Å². The third kappa shape index (κ3) is 3.04. The SMILES string of the molecule is CC(=O)NC1CC(C)N(C(=O)c2ccccc2)c2ccc(C)cc21. The maximum Gasteiger partial charge on any atom is 0.258 e. The van der Waals surface area contributed by atoms with Crippen LogP contribution >= 0.6 is 0 Å². The van der Waals surface area contributed by atoms with Crippen LogP contribution in [0.25, 0.3) is 0 Å². The summed E-state index contributed by atoms with van der Waals surface area (Å²) in [5.41, 5.74) is 3.68. The van der Waals surface area contributed by atoms with Gasteiger partial charge in [0.05, 0.1) is 6.04 Å². The van der Waals surface area contributed by atoms with Gasteiger partial charge >= 0.3 is 0 Å². The van der Waals surface area contributed by atoms with E-state index in [9.17, 15) is 9.59 Å². The van der Waals surface area contributed by atoms with Crippen molar-refractivity contribution < 1.29 is 9.59 Å². The molecule has 1 N–H and O–H groups in total. The van der Waals surface area contributed by atoms with Gasteiger partial charge in [0.1, 0.15) is 0 Å². The fourth-order valence-electron chi connectivity index (χ4n) is 3.39. The smallest absolute Gasteiger partial charge is 0.258 e. The molecule has 1 aliphatic rings. The van der Waals surface area contributed by atoms with Gasteiger partial charge in [-0.3, -0.25) is 9.59 Å². The Morgan fingerprint density at radius 2 is 1.83 bits per heavy atom. The summed E-state index contributed by atoms with van der Waals surface area (Å²) in [7, 11) is 0. The Labute approximate surface area is 142 Å². The molecule has 2 atom stereocenters. The summed E-state index contributed by atoms with van der Waals surface area (Å²) in [6.07, 6.45) is 0.703. The number of aryl methyl sites for hydroxylation is 1. The quantitative estimate of drug-likeness (QED) is 0.918. The topological polar surface area (TPSA) is 49.4 Å². The maximum absolute atomic E-state index is 13.0. The molecule has 2 unspecified atom stereocenters. The fraction of sp³-hybridized carbons (Fsp3) is 0.300. The summed E-state index contributed by atoms with van der Waals surface area (Å²) in [5.74, 6) is -0.0584. The molecular formula is C20H22N2O2. The highest BCUT2D eigenvalue weighted by Crippen LogP contribution is 2.38. The molecule has 1 aliphatic heterocycles. The first-order chi connectivity index (χ1) is 11.5. The minimum Gasteiger partial charge on any atom is -0.349 e. The zero-order valence-corrected chi connectivity index (χ0v) is 14.2. The molecule has 1 heterocycles. The van der Waals surface area contributed by atoms with E-state index in [0.717, 1.165) is 16.8 Å². The van der Waals surface area contributed by atoms with Crippen LogP contribution in [-0.2, 0) is 4.79 Å². The molecule has 0 saturated carbocycles. The van der Waals surface area contributed by atoms with E-state index in [1.165, 1.54) is 6.92 Å². The first kappa shape index (κ1) is 16.2. The van der Waals surface area contributed by atoms with Gasteiger partial charge in [-0.2, -0.15) is 0 Å². The number of carbonyl (C=O) groups excluding carboxylic acids is 2. The number of nitrogens with zero attached hydrogens (tertiary/aromatic N) is 1. The van der Waals surface area contributed by atoms with Crippen molar-refractivity contribution in [3.63, 3.8) is 0 Å². The first-order valence-corrected chi connectivity index (χ1v) is 8.23. The van der Waals surface area contributed by atoms with Crippen LogP contribution in [0.4, 0.5) is 5.69 Å². The number of hydrogen-bond acceptors (Lipinski definition) is 2. The molecular weight excluding hydrogens is 300 g/mol. The Morgan fingerprint density at radius 3 is 2.50 bits per heavy atom. The Kier molecular flexibility index (Phi) is 4.38. The van der Waals surface area contributed by atoms with Gasteiger partial charge in [-0.25, -0.2) is 0 Å². The Hall–Kier alpha value is -2.62. The third-order valence-electron chi connectivity index (χ3n) is 4.45. The van der Waals surface area contributed by atoms with Crippen molar-refractivity contribution in [1.82, 2.24) is 5.32 Å². The van der Waals surface area contributed by atoms with Crippen LogP contribution in [0.5, 0.6) is 0 Å². The Morgan fingerprint density at radius 1 is 1.12 bits per heavy atom. The minimum atomic E-state index is -0.0628. The van der Waals surface area contributed by atoms with Gasteiger partial charge < -0.3 is 10.2 Å². The highest BCUT2D eigenvalue weighted by Gasteiger charge is 2.34. The van der Waals surface area contributed by atoms with E-state index < -0.39 is 0 Å². The van der Waals surface area contributed by atoms with Crippen molar-refractivity contribution in [2.45, 2.75) is 39.3 Å². The van der Waals surface area contributed by atoms with Crippen molar-refractivity contribution in [2.75, 3.05) is 4.90 Å². The zero-order chi connectivity index (χ0) is 17.3. The number of carbonyl (C=O) groups is 2. The normalized spacial score (nSPS) is 19.5. The van der Waals surface area contributed by atoms with E-state index in [0.29, 0.717) is 12.0 Å². The van der Waals surface area contributed by atoms with E-state index in [1.807, 2.05) is 61.2 Å². The van der Waals surface area contributed by atoms with Gasteiger partial charge in [-0.1, -0.05) is 35.9 Å². The van der Waals surface area contributed by atoms with Crippen molar-refractivity contribution in [3.8, 4) is 0 Å². The molecule has 0 saturated heterocycles. The average molecular weight is 322 g/mol. The molecule has 24 heavy (non-hydrogen) atoms. The van der Waals surface area contributed by atoms with Crippen molar-refractivity contribution >= 4 is 17.5 Å². The predicted octanol–water partition coefficient (Wildman–Crippen LogP) is 3.61. The van der Waals surface area contributed by atoms with Crippen LogP contribution in [0, 0.1) is 6.92 Å². The number of hydrogen-bond donors (Lipinski definition) is 1. The van der Waals surface area contributed by atoms with Crippen LogP contribution in [0.2, 0.25) is 0 Å². The van der Waals surface area contributed by atoms with Gasteiger partial charge in [0.2, 0.25) is 5.91 Å². The van der Waals surface area contributed by atoms with E-state index >= 15 is 0 Å². The molecule has 2 aromatic rings. The lowest BCUT2D eigenvalue weighted by atomic mass is 9.90. The second-order valence-corrected chi connectivity index (χ2v) is 6.44. The number of benzene rings is 2. The van der Waals surface area contributed by atoms with Gasteiger partial charge in [0, 0.05) is 24.2 Å². The van der Waals surface area contributed by atoms with Crippen LogP contribution in [0.1, 0.15) is 47.8 Å². The van der Waals surface area contributed by atoms with Crippen LogP contribution in [0.15, 0.2) is 48.5 Å². The molecule has 4 heteroatoms. The lowest BCUT2D eigenvalue weighted by molar-refractivity contribution is -0.119. The maximum atomic E-state index is 13.0. The van der Waals surface area contributed by atoms with Gasteiger partial charge in [-0.05, 0) is 44.0 Å². The second kappa shape index (κ2) is 6.48. The summed E-state index contributed by atoms with van der Waals surface area (Å²) in [5, 5.41) is 3.02. The summed E-state index contributed by atoms with van der Waals surface area (Å²) in [6, 6.07) is 15.3. The van der Waals surface area contributed by atoms with Crippen molar-refractivity contribution in [1.29, 1.82) is 0 Å². The van der Waals surface area contributed by atoms with E-state index in [2.05, 4.69) is 11.4 Å². The molecule has 0 bridgehead atoms. The first-order valence-electron chi connectivity index (χ1n) is 8.23. The summed E-state index contributed by atoms with van der Waals surface area (Å²) >= 11 is 0. The van der Waals surface area contributed by atoms with Gasteiger partial charge in [-0.15, -0.1) is 0 Å². The molecule has 0 radical (unpaired) electrons. The van der Waals surface area contributed by atoms with E-state index in [4.69, 9.17) is 0 Å². The van der Waals surface area contributed by atoms with Gasteiger partial charge in [0.15, 0.2) is 0 Å². The molecule has 2 amide bonds. The van der Waals surface area contributed by atoms with Crippen LogP contribution in [0.3, 0.4) is 0 Å². The highest BCUT2D eigenvalue weighted by atomic mass is 16.2. The number of anilines is 1. The largest absolute Gasteiger partial charge is 0.349 e. The molecule has 0 spiro atoms. The molecule has 124 valence electrons. The van der Waals surface area contributed by atoms with E-state index in [-0.39, 0.29) is 23.9 Å². The minimum absolute atomic E-state index is 0.00441. The summed E-state index contributed by atoms with van der Waals surface area (Å²) < 4.78 is 0. The second-order valence-electron chi connectivity index (χ2n) is 6.44. The molecule has 0 aliphatic carbocycles. The summed E-state index contributed by atoms with van der Waals surface area (Å²) in [6.45, 7) is 5.58. The average Bonchev–Trinajstić information content (AvgIpc) is 2.55. The predicted molar refractivity (Wildman–Crippen MR) is 95.1 cm³/mol.